The Labute approximate surface area is 137 Å². The fourth-order valence-corrected chi connectivity index (χ4v) is 5.13. The maximum absolute atomic E-state index is 12.1. The highest BCUT2D eigenvalue weighted by Crippen LogP contribution is 2.43. The molecule has 7 heteroatoms. The van der Waals surface area contributed by atoms with E-state index in [-0.39, 0.29) is 10.6 Å². The molecule has 6 nitrogen and oxygen atoms in total. The molecule has 0 amide bonds. The van der Waals surface area contributed by atoms with Crippen LogP contribution >= 0.6 is 7.14 Å². The number of nitrogens with zero attached hydrogens (tertiary/aromatic N) is 3. The quantitative estimate of drug-likeness (QED) is 0.482. The number of nitro groups is 1. The molecule has 2 saturated heterocycles. The van der Waals surface area contributed by atoms with Gasteiger partial charge in [-0.25, -0.2) is 0 Å². The van der Waals surface area contributed by atoms with Crippen LogP contribution < -0.4 is 4.90 Å². The van der Waals surface area contributed by atoms with Gasteiger partial charge in [0.05, 0.1) is 12.1 Å². The summed E-state index contributed by atoms with van der Waals surface area (Å²) in [6.45, 7) is 5.82. The smallest absolute Gasteiger partial charge is 0.269 e. The van der Waals surface area contributed by atoms with Crippen molar-refractivity contribution in [1.82, 2.24) is 4.90 Å². The van der Waals surface area contributed by atoms with E-state index < -0.39 is 7.14 Å². The standard InChI is InChI=1S/C16H24N3O3P/c1-23(22)12-10-18(11-13-23)15-6-8-17(9-7-15)14-2-4-16(5-3-14)19(20)21/h2-5,15H,6-13H2,1H3. The van der Waals surface area contributed by atoms with Crippen molar-refractivity contribution in [3.8, 4) is 0 Å². The SMILES string of the molecule is CP1(=O)CCN(C2CCN(c3ccc([N+](=O)[O-])cc3)CC2)CC1. The van der Waals surface area contributed by atoms with Crippen LogP contribution in [0.4, 0.5) is 11.4 Å². The van der Waals surface area contributed by atoms with Crippen molar-refractivity contribution in [3.63, 3.8) is 0 Å². The second kappa shape index (κ2) is 6.62. The average molecular weight is 337 g/mol. The molecular weight excluding hydrogens is 313 g/mol. The van der Waals surface area contributed by atoms with Crippen LogP contribution in [0, 0.1) is 10.1 Å². The molecule has 0 N–H and O–H groups in total. The van der Waals surface area contributed by atoms with Gasteiger partial charge in [0.25, 0.3) is 5.69 Å². The van der Waals surface area contributed by atoms with Crippen LogP contribution in [0.3, 0.4) is 0 Å². The lowest BCUT2D eigenvalue weighted by Gasteiger charge is -2.42. The van der Waals surface area contributed by atoms with E-state index in [2.05, 4.69) is 9.80 Å². The first kappa shape index (κ1) is 16.5. The minimum Gasteiger partial charge on any atom is -0.371 e. The van der Waals surface area contributed by atoms with Crippen LogP contribution in [0.25, 0.3) is 0 Å². The molecule has 0 unspecified atom stereocenters. The Morgan fingerprint density at radius 3 is 2.17 bits per heavy atom. The molecule has 0 bridgehead atoms. The predicted octanol–water partition coefficient (Wildman–Crippen LogP) is 2.87. The molecule has 2 heterocycles. The highest BCUT2D eigenvalue weighted by molar-refractivity contribution is 7.63. The van der Waals surface area contributed by atoms with Gasteiger partial charge < -0.3 is 9.46 Å². The largest absolute Gasteiger partial charge is 0.371 e. The summed E-state index contributed by atoms with van der Waals surface area (Å²) in [5, 5.41) is 10.7. The minimum absolute atomic E-state index is 0.140. The third-order valence-electron chi connectivity index (χ3n) is 5.13. The van der Waals surface area contributed by atoms with Crippen LogP contribution in [0.15, 0.2) is 24.3 Å². The maximum atomic E-state index is 12.1. The zero-order chi connectivity index (χ0) is 16.4. The Balaban J connectivity index is 1.54. The van der Waals surface area contributed by atoms with Gasteiger partial charge in [-0.1, -0.05) is 0 Å². The summed E-state index contributed by atoms with van der Waals surface area (Å²) in [4.78, 5) is 15.2. The van der Waals surface area contributed by atoms with Gasteiger partial charge >= 0.3 is 0 Å². The highest BCUT2D eigenvalue weighted by atomic mass is 31.2. The Kier molecular flexibility index (Phi) is 4.74. The molecule has 3 rings (SSSR count). The van der Waals surface area contributed by atoms with Crippen molar-refractivity contribution in [2.24, 2.45) is 0 Å². The molecule has 0 saturated carbocycles. The van der Waals surface area contributed by atoms with E-state index in [9.17, 15) is 14.7 Å². The minimum atomic E-state index is -1.86. The summed E-state index contributed by atoms with van der Waals surface area (Å²) >= 11 is 0. The van der Waals surface area contributed by atoms with Gasteiger partial charge in [-0.3, -0.25) is 15.0 Å². The number of non-ortho nitro benzene ring substituents is 1. The van der Waals surface area contributed by atoms with E-state index in [4.69, 9.17) is 0 Å². The van der Waals surface area contributed by atoms with E-state index >= 15 is 0 Å². The van der Waals surface area contributed by atoms with E-state index in [0.29, 0.717) is 6.04 Å². The number of nitro benzene ring substituents is 1. The van der Waals surface area contributed by atoms with Gasteiger partial charge in [-0.2, -0.15) is 0 Å². The molecule has 0 aromatic heterocycles. The third kappa shape index (κ3) is 3.93. The number of hydrogen-bond donors (Lipinski definition) is 0. The van der Waals surface area contributed by atoms with Crippen molar-refractivity contribution < 1.29 is 9.49 Å². The zero-order valence-corrected chi connectivity index (χ0v) is 14.5. The first-order valence-corrected chi connectivity index (χ1v) is 10.8. The summed E-state index contributed by atoms with van der Waals surface area (Å²) in [6, 6.07) is 7.42. The van der Waals surface area contributed by atoms with E-state index in [0.717, 1.165) is 57.0 Å². The fraction of sp³-hybridized carbons (Fsp3) is 0.625. The van der Waals surface area contributed by atoms with Crippen molar-refractivity contribution in [2.45, 2.75) is 18.9 Å². The molecule has 0 spiro atoms. The first-order valence-electron chi connectivity index (χ1n) is 8.24. The first-order chi connectivity index (χ1) is 10.9. The molecule has 0 aliphatic carbocycles. The number of hydrogen-bond acceptors (Lipinski definition) is 5. The molecule has 0 atom stereocenters. The van der Waals surface area contributed by atoms with Crippen molar-refractivity contribution >= 4 is 18.5 Å². The molecule has 0 radical (unpaired) electrons. The fourth-order valence-electron chi connectivity index (χ4n) is 3.54. The van der Waals surface area contributed by atoms with Crippen LogP contribution in [0.5, 0.6) is 0 Å². The lowest BCUT2D eigenvalue weighted by Crippen LogP contribution is -2.48. The summed E-state index contributed by atoms with van der Waals surface area (Å²) in [5.41, 5.74) is 1.20. The highest BCUT2D eigenvalue weighted by Gasteiger charge is 2.30. The number of rotatable bonds is 3. The van der Waals surface area contributed by atoms with Crippen molar-refractivity contribution in [1.29, 1.82) is 0 Å². The summed E-state index contributed by atoms with van der Waals surface area (Å²) < 4.78 is 12.1. The van der Waals surface area contributed by atoms with Gasteiger partial charge in [0.2, 0.25) is 0 Å². The Hall–Kier alpha value is -1.39. The summed E-state index contributed by atoms with van der Waals surface area (Å²) in [7, 11) is -1.86. The third-order valence-corrected chi connectivity index (χ3v) is 7.42. The molecule has 126 valence electrons. The molecule has 1 aromatic rings. The zero-order valence-electron chi connectivity index (χ0n) is 13.6. The molecule has 2 fully saturated rings. The molecule has 1 aromatic carbocycles. The van der Waals surface area contributed by atoms with Gasteiger partial charge in [0.15, 0.2) is 0 Å². The second-order valence-corrected chi connectivity index (χ2v) is 10.3. The Morgan fingerprint density at radius 2 is 1.65 bits per heavy atom. The monoisotopic (exact) mass is 337 g/mol. The van der Waals surface area contributed by atoms with Gasteiger partial charge in [-0.05, 0) is 31.6 Å². The molecule has 2 aliphatic rings. The van der Waals surface area contributed by atoms with Gasteiger partial charge in [0.1, 0.15) is 0 Å². The summed E-state index contributed by atoms with van der Waals surface area (Å²) in [6.07, 6.45) is 3.92. The normalized spacial score (nSPS) is 22.9. The predicted molar refractivity (Wildman–Crippen MR) is 93.2 cm³/mol. The van der Waals surface area contributed by atoms with Crippen LogP contribution in [0.1, 0.15) is 12.8 Å². The topological polar surface area (TPSA) is 66.7 Å². The summed E-state index contributed by atoms with van der Waals surface area (Å²) in [5.74, 6) is 0. The lowest BCUT2D eigenvalue weighted by atomic mass is 10.0. The van der Waals surface area contributed by atoms with Gasteiger partial charge in [-0.15, -0.1) is 0 Å². The van der Waals surface area contributed by atoms with E-state index in [1.165, 1.54) is 0 Å². The molecular formula is C16H24N3O3P. The van der Waals surface area contributed by atoms with E-state index in [1.54, 1.807) is 12.1 Å². The molecule has 2 aliphatic heterocycles. The van der Waals surface area contributed by atoms with Crippen molar-refractivity contribution in [2.75, 3.05) is 50.1 Å². The van der Waals surface area contributed by atoms with Crippen molar-refractivity contribution in [3.05, 3.63) is 34.4 Å². The van der Waals surface area contributed by atoms with Gasteiger partial charge in [0, 0.05) is 62.4 Å². The number of piperidine rings is 1. The second-order valence-electron chi connectivity index (χ2n) is 6.77. The average Bonchev–Trinajstić information content (AvgIpc) is 2.55. The number of benzene rings is 1. The van der Waals surface area contributed by atoms with Crippen LogP contribution in [0.2, 0.25) is 0 Å². The Bertz CT molecular complexity index is 600. The van der Waals surface area contributed by atoms with E-state index in [1.807, 2.05) is 18.8 Å². The lowest BCUT2D eigenvalue weighted by molar-refractivity contribution is -0.384. The maximum Gasteiger partial charge on any atom is 0.269 e. The van der Waals surface area contributed by atoms with Crippen LogP contribution in [-0.4, -0.2) is 61.0 Å². The Morgan fingerprint density at radius 1 is 1.09 bits per heavy atom. The van der Waals surface area contributed by atoms with Crippen LogP contribution in [-0.2, 0) is 4.57 Å². The number of anilines is 1. The molecule has 23 heavy (non-hydrogen) atoms.